The molecular weight excluding hydrogens is 172 g/mol. The van der Waals surface area contributed by atoms with Crippen molar-refractivity contribution in [3.05, 3.63) is 35.9 Å². The second kappa shape index (κ2) is 3.55. The van der Waals surface area contributed by atoms with Gasteiger partial charge in [0.15, 0.2) is 0 Å². The van der Waals surface area contributed by atoms with Crippen LogP contribution >= 0.6 is 22.5 Å². The molecule has 0 fully saturated rings. The van der Waals surface area contributed by atoms with Crippen LogP contribution in [0.2, 0.25) is 0 Å². The average molecular weight is 184 g/mol. The summed E-state index contributed by atoms with van der Waals surface area (Å²) in [5.74, 6) is 0. The molecule has 2 heteroatoms. The number of hydrogen-bond donors (Lipinski definition) is 1. The van der Waals surface area contributed by atoms with E-state index in [9.17, 15) is 0 Å². The SMILES string of the molecule is CC(C)(SS)c1ccccc1. The Balaban J connectivity index is 2.93. The minimum atomic E-state index is 0.115. The lowest BCUT2D eigenvalue weighted by Crippen LogP contribution is -2.08. The van der Waals surface area contributed by atoms with Crippen LogP contribution in [-0.2, 0) is 4.75 Å². The van der Waals surface area contributed by atoms with Crippen molar-refractivity contribution < 1.29 is 0 Å². The second-order valence-electron chi connectivity index (χ2n) is 2.97. The Morgan fingerprint density at radius 1 is 1.18 bits per heavy atom. The average Bonchev–Trinajstić information content (AvgIpc) is 2.06. The largest absolute Gasteiger partial charge is 0.110 e. The first kappa shape index (κ1) is 9.01. The molecular formula is C9H12S2. The predicted molar refractivity (Wildman–Crippen MR) is 56.0 cm³/mol. The molecule has 11 heavy (non-hydrogen) atoms. The molecule has 0 spiro atoms. The van der Waals surface area contributed by atoms with Crippen molar-refractivity contribution in [2.45, 2.75) is 18.6 Å². The van der Waals surface area contributed by atoms with Crippen molar-refractivity contribution in [2.24, 2.45) is 0 Å². The standard InChI is InChI=1S/C9H12S2/c1-9(2,11-10)8-6-4-3-5-7-8/h3-7,10H,1-2H3. The second-order valence-corrected chi connectivity index (χ2v) is 4.72. The van der Waals surface area contributed by atoms with Crippen LogP contribution in [0.1, 0.15) is 19.4 Å². The summed E-state index contributed by atoms with van der Waals surface area (Å²) < 4.78 is 0.115. The quantitative estimate of drug-likeness (QED) is 0.542. The Bertz CT molecular complexity index is 216. The van der Waals surface area contributed by atoms with Crippen LogP contribution in [0.4, 0.5) is 0 Å². The van der Waals surface area contributed by atoms with E-state index in [2.05, 4.69) is 49.8 Å². The molecule has 0 aliphatic heterocycles. The Morgan fingerprint density at radius 2 is 1.73 bits per heavy atom. The number of hydrogen-bond acceptors (Lipinski definition) is 2. The molecule has 0 nitrogen and oxygen atoms in total. The summed E-state index contributed by atoms with van der Waals surface area (Å²) in [5, 5.41) is 0. The van der Waals surface area contributed by atoms with Gasteiger partial charge in [0.05, 0.1) is 0 Å². The third kappa shape index (κ3) is 2.17. The van der Waals surface area contributed by atoms with Gasteiger partial charge in [0, 0.05) is 4.75 Å². The van der Waals surface area contributed by atoms with Crippen LogP contribution < -0.4 is 0 Å². The van der Waals surface area contributed by atoms with Gasteiger partial charge in [0.25, 0.3) is 0 Å². The van der Waals surface area contributed by atoms with Gasteiger partial charge in [-0.25, -0.2) is 0 Å². The van der Waals surface area contributed by atoms with Crippen LogP contribution in [0, 0.1) is 0 Å². The van der Waals surface area contributed by atoms with Crippen molar-refractivity contribution >= 4 is 22.5 Å². The molecule has 0 bridgehead atoms. The summed E-state index contributed by atoms with van der Waals surface area (Å²) in [5.41, 5.74) is 1.32. The van der Waals surface area contributed by atoms with Gasteiger partial charge in [0.2, 0.25) is 0 Å². The summed E-state index contributed by atoms with van der Waals surface area (Å²) in [6, 6.07) is 10.4. The van der Waals surface area contributed by atoms with Crippen LogP contribution in [0.15, 0.2) is 30.3 Å². The van der Waals surface area contributed by atoms with E-state index in [0.717, 1.165) is 0 Å². The Morgan fingerprint density at radius 3 is 2.18 bits per heavy atom. The molecule has 0 heterocycles. The Labute approximate surface area is 77.2 Å². The fourth-order valence-electron chi connectivity index (χ4n) is 0.892. The predicted octanol–water partition coefficient (Wildman–Crippen LogP) is 3.50. The third-order valence-corrected chi connectivity index (χ3v) is 3.76. The highest BCUT2D eigenvalue weighted by atomic mass is 33.1. The lowest BCUT2D eigenvalue weighted by Gasteiger charge is -2.20. The highest BCUT2D eigenvalue weighted by molar-refractivity contribution is 8.68. The molecule has 0 unspecified atom stereocenters. The molecule has 1 aromatic rings. The monoisotopic (exact) mass is 184 g/mol. The van der Waals surface area contributed by atoms with Crippen LogP contribution in [-0.4, -0.2) is 0 Å². The normalized spacial score (nSPS) is 11.5. The number of rotatable bonds is 2. The summed E-state index contributed by atoms with van der Waals surface area (Å²) in [7, 11) is 1.57. The first-order valence-corrected chi connectivity index (χ1v) is 5.42. The maximum atomic E-state index is 4.23. The molecule has 0 radical (unpaired) electrons. The summed E-state index contributed by atoms with van der Waals surface area (Å²) in [6.45, 7) is 4.33. The van der Waals surface area contributed by atoms with Crippen molar-refractivity contribution in [3.8, 4) is 0 Å². The first-order valence-electron chi connectivity index (χ1n) is 3.55. The zero-order valence-corrected chi connectivity index (χ0v) is 8.45. The molecule has 0 saturated carbocycles. The van der Waals surface area contributed by atoms with E-state index in [1.807, 2.05) is 6.07 Å². The molecule has 0 atom stereocenters. The van der Waals surface area contributed by atoms with Crippen molar-refractivity contribution in [3.63, 3.8) is 0 Å². The lowest BCUT2D eigenvalue weighted by molar-refractivity contribution is 0.790. The van der Waals surface area contributed by atoms with Crippen molar-refractivity contribution in [1.82, 2.24) is 0 Å². The zero-order valence-electron chi connectivity index (χ0n) is 6.74. The zero-order chi connectivity index (χ0) is 8.32. The van der Waals surface area contributed by atoms with Gasteiger partial charge in [-0.05, 0) is 19.4 Å². The molecule has 0 N–H and O–H groups in total. The van der Waals surface area contributed by atoms with Crippen LogP contribution in [0.25, 0.3) is 0 Å². The maximum Gasteiger partial charge on any atom is 0.0453 e. The third-order valence-electron chi connectivity index (χ3n) is 1.70. The minimum Gasteiger partial charge on any atom is -0.110 e. The van der Waals surface area contributed by atoms with E-state index in [-0.39, 0.29) is 4.75 Å². The highest BCUT2D eigenvalue weighted by Crippen LogP contribution is 2.37. The van der Waals surface area contributed by atoms with E-state index in [1.165, 1.54) is 5.56 Å². The molecule has 1 aromatic carbocycles. The van der Waals surface area contributed by atoms with E-state index in [4.69, 9.17) is 0 Å². The fraction of sp³-hybridized carbons (Fsp3) is 0.333. The van der Waals surface area contributed by atoms with Gasteiger partial charge in [-0.15, -0.1) is 11.7 Å². The van der Waals surface area contributed by atoms with Crippen LogP contribution in [0.5, 0.6) is 0 Å². The minimum absolute atomic E-state index is 0.115. The smallest absolute Gasteiger partial charge is 0.0453 e. The van der Waals surface area contributed by atoms with Gasteiger partial charge in [0.1, 0.15) is 0 Å². The molecule has 0 saturated heterocycles. The topological polar surface area (TPSA) is 0 Å². The van der Waals surface area contributed by atoms with Crippen molar-refractivity contribution in [2.75, 3.05) is 0 Å². The Kier molecular flexibility index (Phi) is 2.90. The summed E-state index contributed by atoms with van der Waals surface area (Å²) in [6.07, 6.45) is 0. The highest BCUT2D eigenvalue weighted by Gasteiger charge is 2.18. The van der Waals surface area contributed by atoms with Gasteiger partial charge in [-0.1, -0.05) is 41.1 Å². The van der Waals surface area contributed by atoms with Gasteiger partial charge < -0.3 is 0 Å². The van der Waals surface area contributed by atoms with Crippen molar-refractivity contribution in [1.29, 1.82) is 0 Å². The molecule has 0 amide bonds. The molecule has 0 aliphatic rings. The molecule has 0 aliphatic carbocycles. The maximum absolute atomic E-state index is 4.23. The molecule has 60 valence electrons. The lowest BCUT2D eigenvalue weighted by atomic mass is 10.0. The number of thiol groups is 1. The van der Waals surface area contributed by atoms with E-state index < -0.39 is 0 Å². The van der Waals surface area contributed by atoms with Gasteiger partial charge >= 0.3 is 0 Å². The van der Waals surface area contributed by atoms with Gasteiger partial charge in [-0.3, -0.25) is 0 Å². The summed E-state index contributed by atoms with van der Waals surface area (Å²) >= 11 is 4.23. The summed E-state index contributed by atoms with van der Waals surface area (Å²) in [4.78, 5) is 0. The fourth-order valence-corrected chi connectivity index (χ4v) is 1.45. The van der Waals surface area contributed by atoms with E-state index in [1.54, 1.807) is 10.8 Å². The Hall–Kier alpha value is -0.0800. The molecule has 1 rings (SSSR count). The van der Waals surface area contributed by atoms with Gasteiger partial charge in [-0.2, -0.15) is 0 Å². The number of benzene rings is 1. The molecule has 0 aromatic heterocycles. The van der Waals surface area contributed by atoms with E-state index in [0.29, 0.717) is 0 Å². The van der Waals surface area contributed by atoms with Crippen LogP contribution in [0.3, 0.4) is 0 Å². The first-order chi connectivity index (χ1) is 5.17. The van der Waals surface area contributed by atoms with E-state index >= 15 is 0 Å².